The van der Waals surface area contributed by atoms with Crippen LogP contribution < -0.4 is 9.47 Å². The summed E-state index contributed by atoms with van der Waals surface area (Å²) in [4.78, 5) is 0. The third-order valence-corrected chi connectivity index (χ3v) is 3.22. The van der Waals surface area contributed by atoms with Gasteiger partial charge in [0.15, 0.2) is 11.5 Å². The van der Waals surface area contributed by atoms with Crippen molar-refractivity contribution in [2.45, 2.75) is 24.6 Å². The van der Waals surface area contributed by atoms with Crippen molar-refractivity contribution >= 4 is 11.6 Å². The molecule has 1 aliphatic heterocycles. The van der Waals surface area contributed by atoms with Crippen LogP contribution in [0.3, 0.4) is 0 Å². The number of benzene rings is 1. The van der Waals surface area contributed by atoms with E-state index >= 15 is 0 Å². The average molecular weight is 257 g/mol. The Hall–Kier alpha value is -0.930. The monoisotopic (exact) mass is 256 g/mol. The van der Waals surface area contributed by atoms with Gasteiger partial charge in [-0.15, -0.1) is 11.6 Å². The molecule has 2 rings (SSSR count). The van der Waals surface area contributed by atoms with Gasteiger partial charge >= 0.3 is 0 Å². The maximum atomic E-state index is 8.79. The molecule has 1 atom stereocenters. The molecular formula is C13H17ClO3. The molecule has 0 aromatic heterocycles. The predicted molar refractivity (Wildman–Crippen MR) is 67.0 cm³/mol. The minimum Gasteiger partial charge on any atom is -0.490 e. The Labute approximate surface area is 106 Å². The van der Waals surface area contributed by atoms with Crippen LogP contribution in [0.1, 0.15) is 30.2 Å². The molecule has 4 heteroatoms. The molecule has 0 saturated heterocycles. The molecule has 0 amide bonds. The summed E-state index contributed by atoms with van der Waals surface area (Å²) in [6, 6.07) is 5.81. The molecule has 0 fully saturated rings. The molecular weight excluding hydrogens is 240 g/mol. The molecule has 1 aromatic carbocycles. The van der Waals surface area contributed by atoms with E-state index in [9.17, 15) is 0 Å². The Kier molecular flexibility index (Phi) is 4.51. The van der Waals surface area contributed by atoms with Gasteiger partial charge in [0.25, 0.3) is 0 Å². The van der Waals surface area contributed by atoms with E-state index in [-0.39, 0.29) is 12.0 Å². The third kappa shape index (κ3) is 3.27. The van der Waals surface area contributed by atoms with Crippen LogP contribution in [-0.2, 0) is 0 Å². The number of halogens is 1. The minimum atomic E-state index is -0.0840. The smallest absolute Gasteiger partial charge is 0.161 e. The zero-order chi connectivity index (χ0) is 12.1. The number of rotatable bonds is 4. The lowest BCUT2D eigenvalue weighted by Crippen LogP contribution is -1.97. The number of aliphatic hydroxyl groups is 1. The van der Waals surface area contributed by atoms with E-state index in [2.05, 4.69) is 0 Å². The first-order chi connectivity index (χ1) is 8.31. The van der Waals surface area contributed by atoms with E-state index in [1.165, 1.54) is 0 Å². The first kappa shape index (κ1) is 12.5. The van der Waals surface area contributed by atoms with Crippen LogP contribution in [0.15, 0.2) is 18.2 Å². The Morgan fingerprint density at radius 3 is 2.76 bits per heavy atom. The predicted octanol–water partition coefficient (Wildman–Crippen LogP) is 2.90. The standard InChI is InChI=1S/C13H17ClO3/c14-11(3-1-6-15)10-4-5-12-13(9-10)17-8-2-7-16-12/h4-5,9,11,15H,1-3,6-8H2. The molecule has 1 aliphatic rings. The molecule has 3 nitrogen and oxygen atoms in total. The topological polar surface area (TPSA) is 38.7 Å². The van der Waals surface area contributed by atoms with Crippen LogP contribution in [0.4, 0.5) is 0 Å². The molecule has 0 radical (unpaired) electrons. The van der Waals surface area contributed by atoms with Crippen molar-refractivity contribution in [3.8, 4) is 11.5 Å². The van der Waals surface area contributed by atoms with Gasteiger partial charge in [0.05, 0.1) is 18.6 Å². The molecule has 0 saturated carbocycles. The first-order valence-electron chi connectivity index (χ1n) is 5.96. The maximum Gasteiger partial charge on any atom is 0.161 e. The SMILES string of the molecule is OCCCC(Cl)c1ccc2c(c1)OCCCO2. The quantitative estimate of drug-likeness (QED) is 0.842. The fraction of sp³-hybridized carbons (Fsp3) is 0.538. The summed E-state index contributed by atoms with van der Waals surface area (Å²) in [5.74, 6) is 1.56. The average Bonchev–Trinajstić information content (AvgIpc) is 2.60. The number of fused-ring (bicyclic) bond motifs is 1. The first-order valence-corrected chi connectivity index (χ1v) is 6.39. The normalized spacial score (nSPS) is 16.4. The van der Waals surface area contributed by atoms with E-state index < -0.39 is 0 Å². The van der Waals surface area contributed by atoms with E-state index in [0.717, 1.165) is 29.9 Å². The lowest BCUT2D eigenvalue weighted by Gasteiger charge is -2.12. The van der Waals surface area contributed by atoms with Crippen molar-refractivity contribution in [1.82, 2.24) is 0 Å². The van der Waals surface area contributed by atoms with Crippen molar-refractivity contribution in [3.05, 3.63) is 23.8 Å². The van der Waals surface area contributed by atoms with Crippen molar-refractivity contribution in [1.29, 1.82) is 0 Å². The van der Waals surface area contributed by atoms with Gasteiger partial charge in [-0.2, -0.15) is 0 Å². The van der Waals surface area contributed by atoms with Gasteiger partial charge in [-0.25, -0.2) is 0 Å². The van der Waals surface area contributed by atoms with E-state index in [1.807, 2.05) is 18.2 Å². The summed E-state index contributed by atoms with van der Waals surface area (Å²) in [5.41, 5.74) is 1.02. The second-order valence-electron chi connectivity index (χ2n) is 4.09. The van der Waals surface area contributed by atoms with Crippen LogP contribution in [0.25, 0.3) is 0 Å². The Balaban J connectivity index is 2.11. The second kappa shape index (κ2) is 6.12. The number of hydrogen-bond donors (Lipinski definition) is 1. The van der Waals surface area contributed by atoms with Gasteiger partial charge < -0.3 is 14.6 Å². The zero-order valence-electron chi connectivity index (χ0n) is 9.69. The lowest BCUT2D eigenvalue weighted by molar-refractivity contribution is 0.284. The summed E-state index contributed by atoms with van der Waals surface area (Å²) in [6.45, 7) is 1.55. The van der Waals surface area contributed by atoms with Crippen molar-refractivity contribution < 1.29 is 14.6 Å². The van der Waals surface area contributed by atoms with Crippen LogP contribution in [0.2, 0.25) is 0 Å². The largest absolute Gasteiger partial charge is 0.490 e. The van der Waals surface area contributed by atoms with Crippen LogP contribution >= 0.6 is 11.6 Å². The van der Waals surface area contributed by atoms with E-state index in [0.29, 0.717) is 19.6 Å². The van der Waals surface area contributed by atoms with Crippen molar-refractivity contribution in [3.63, 3.8) is 0 Å². The molecule has 1 N–H and O–H groups in total. The second-order valence-corrected chi connectivity index (χ2v) is 4.62. The zero-order valence-corrected chi connectivity index (χ0v) is 10.4. The molecule has 0 spiro atoms. The van der Waals surface area contributed by atoms with Gasteiger partial charge in [-0.05, 0) is 30.5 Å². The highest BCUT2D eigenvalue weighted by Crippen LogP contribution is 2.35. The molecule has 1 heterocycles. The third-order valence-electron chi connectivity index (χ3n) is 2.75. The number of ether oxygens (including phenoxy) is 2. The maximum absolute atomic E-state index is 8.79. The van der Waals surface area contributed by atoms with E-state index in [1.54, 1.807) is 0 Å². The van der Waals surface area contributed by atoms with Gasteiger partial charge in [-0.3, -0.25) is 0 Å². The molecule has 1 unspecified atom stereocenters. The fourth-order valence-corrected chi connectivity index (χ4v) is 2.10. The van der Waals surface area contributed by atoms with Crippen molar-refractivity contribution in [2.75, 3.05) is 19.8 Å². The summed E-state index contributed by atoms with van der Waals surface area (Å²) in [5, 5.41) is 8.70. The highest BCUT2D eigenvalue weighted by atomic mass is 35.5. The number of alkyl halides is 1. The Morgan fingerprint density at radius 2 is 2.00 bits per heavy atom. The van der Waals surface area contributed by atoms with Gasteiger partial charge in [0, 0.05) is 13.0 Å². The fourth-order valence-electron chi connectivity index (χ4n) is 1.81. The summed E-state index contributed by atoms with van der Waals surface area (Å²) < 4.78 is 11.2. The molecule has 94 valence electrons. The molecule has 0 bridgehead atoms. The molecule has 0 aliphatic carbocycles. The van der Waals surface area contributed by atoms with Gasteiger partial charge in [0.1, 0.15) is 0 Å². The Morgan fingerprint density at radius 1 is 1.24 bits per heavy atom. The highest BCUT2D eigenvalue weighted by molar-refractivity contribution is 6.20. The van der Waals surface area contributed by atoms with Crippen molar-refractivity contribution in [2.24, 2.45) is 0 Å². The highest BCUT2D eigenvalue weighted by Gasteiger charge is 2.14. The Bertz CT molecular complexity index is 368. The van der Waals surface area contributed by atoms with Gasteiger partial charge in [0.2, 0.25) is 0 Å². The van der Waals surface area contributed by atoms with Crippen LogP contribution in [0, 0.1) is 0 Å². The summed E-state index contributed by atoms with van der Waals surface area (Å²) >= 11 is 6.26. The molecule has 1 aromatic rings. The van der Waals surface area contributed by atoms with E-state index in [4.69, 9.17) is 26.2 Å². The molecule has 17 heavy (non-hydrogen) atoms. The van der Waals surface area contributed by atoms with Crippen LogP contribution in [0.5, 0.6) is 11.5 Å². The van der Waals surface area contributed by atoms with Gasteiger partial charge in [-0.1, -0.05) is 6.07 Å². The van der Waals surface area contributed by atoms with Crippen LogP contribution in [-0.4, -0.2) is 24.9 Å². The minimum absolute atomic E-state index is 0.0840. The summed E-state index contributed by atoms with van der Waals surface area (Å²) in [7, 11) is 0. The summed E-state index contributed by atoms with van der Waals surface area (Å²) in [6.07, 6.45) is 2.37. The number of aliphatic hydroxyl groups excluding tert-OH is 1. The lowest BCUT2D eigenvalue weighted by atomic mass is 10.1. The number of hydrogen-bond acceptors (Lipinski definition) is 3.